The highest BCUT2D eigenvalue weighted by Crippen LogP contribution is 2.22. The fourth-order valence-electron chi connectivity index (χ4n) is 2.87. The molecule has 0 aliphatic carbocycles. The molecule has 0 aromatic heterocycles. The standard InChI is InChI=1S/C14H30N2O/c1-11(2)15-7-14(10-17-5)16-8-12(3)6-13(4)9-16/h11-15H,6-10H2,1-5H3. The monoisotopic (exact) mass is 242 g/mol. The summed E-state index contributed by atoms with van der Waals surface area (Å²) in [6.45, 7) is 13.4. The van der Waals surface area contributed by atoms with E-state index in [0.29, 0.717) is 12.1 Å². The quantitative estimate of drug-likeness (QED) is 0.771. The van der Waals surface area contributed by atoms with E-state index in [-0.39, 0.29) is 0 Å². The van der Waals surface area contributed by atoms with Gasteiger partial charge in [-0.1, -0.05) is 27.7 Å². The highest BCUT2D eigenvalue weighted by molar-refractivity contribution is 4.82. The van der Waals surface area contributed by atoms with Gasteiger partial charge in [0, 0.05) is 38.8 Å². The molecule has 1 aliphatic heterocycles. The zero-order valence-corrected chi connectivity index (χ0v) is 12.2. The third-order valence-corrected chi connectivity index (χ3v) is 3.53. The number of methoxy groups -OCH3 is 1. The highest BCUT2D eigenvalue weighted by Gasteiger charge is 2.27. The van der Waals surface area contributed by atoms with Crippen LogP contribution >= 0.6 is 0 Å². The van der Waals surface area contributed by atoms with E-state index in [9.17, 15) is 0 Å². The van der Waals surface area contributed by atoms with Crippen LogP contribution in [0.3, 0.4) is 0 Å². The lowest BCUT2D eigenvalue weighted by Gasteiger charge is -2.40. The Morgan fingerprint density at radius 3 is 2.29 bits per heavy atom. The molecule has 1 aliphatic rings. The molecular formula is C14H30N2O. The van der Waals surface area contributed by atoms with Gasteiger partial charge in [0.15, 0.2) is 0 Å². The Morgan fingerprint density at radius 1 is 1.24 bits per heavy atom. The molecule has 1 heterocycles. The molecule has 3 atom stereocenters. The van der Waals surface area contributed by atoms with E-state index in [1.807, 2.05) is 0 Å². The Balaban J connectivity index is 2.49. The first-order valence-electron chi connectivity index (χ1n) is 6.99. The van der Waals surface area contributed by atoms with Crippen molar-refractivity contribution in [3.63, 3.8) is 0 Å². The van der Waals surface area contributed by atoms with Crippen molar-refractivity contribution < 1.29 is 4.74 Å². The Bertz CT molecular complexity index is 198. The Kier molecular flexibility index (Phi) is 6.45. The lowest BCUT2D eigenvalue weighted by atomic mass is 9.91. The predicted octanol–water partition coefficient (Wildman–Crippen LogP) is 1.98. The van der Waals surface area contributed by atoms with Crippen LogP contribution in [-0.2, 0) is 4.74 Å². The van der Waals surface area contributed by atoms with E-state index in [1.165, 1.54) is 19.5 Å². The number of rotatable bonds is 6. The van der Waals surface area contributed by atoms with Gasteiger partial charge in [-0.05, 0) is 18.3 Å². The average molecular weight is 242 g/mol. The molecule has 0 aromatic rings. The largest absolute Gasteiger partial charge is 0.383 e. The lowest BCUT2D eigenvalue weighted by molar-refractivity contribution is 0.0440. The lowest BCUT2D eigenvalue weighted by Crippen LogP contribution is -2.51. The van der Waals surface area contributed by atoms with E-state index in [2.05, 4.69) is 37.9 Å². The van der Waals surface area contributed by atoms with Crippen molar-refractivity contribution in [2.75, 3.05) is 33.4 Å². The summed E-state index contributed by atoms with van der Waals surface area (Å²) in [5.41, 5.74) is 0. The number of likely N-dealkylation sites (tertiary alicyclic amines) is 1. The first-order valence-corrected chi connectivity index (χ1v) is 6.99. The molecule has 0 spiro atoms. The summed E-state index contributed by atoms with van der Waals surface area (Å²) in [4.78, 5) is 2.61. The van der Waals surface area contributed by atoms with Crippen molar-refractivity contribution in [2.24, 2.45) is 11.8 Å². The molecule has 1 N–H and O–H groups in total. The van der Waals surface area contributed by atoms with Crippen LogP contribution in [0.1, 0.15) is 34.1 Å². The maximum Gasteiger partial charge on any atom is 0.0630 e. The number of nitrogens with zero attached hydrogens (tertiary/aromatic N) is 1. The molecule has 0 aromatic carbocycles. The minimum atomic E-state index is 0.521. The maximum atomic E-state index is 5.38. The van der Waals surface area contributed by atoms with Crippen LogP contribution in [0, 0.1) is 11.8 Å². The fourth-order valence-corrected chi connectivity index (χ4v) is 2.87. The Labute approximate surface area is 107 Å². The summed E-state index contributed by atoms with van der Waals surface area (Å²) in [6, 6.07) is 1.07. The van der Waals surface area contributed by atoms with Crippen LogP contribution in [0.15, 0.2) is 0 Å². The van der Waals surface area contributed by atoms with Gasteiger partial charge < -0.3 is 10.1 Å². The average Bonchev–Trinajstić information content (AvgIpc) is 2.22. The number of hydrogen-bond acceptors (Lipinski definition) is 3. The fraction of sp³-hybridized carbons (Fsp3) is 1.00. The van der Waals surface area contributed by atoms with Gasteiger partial charge in [-0.15, -0.1) is 0 Å². The molecule has 17 heavy (non-hydrogen) atoms. The molecule has 0 amide bonds. The van der Waals surface area contributed by atoms with Crippen molar-refractivity contribution in [3.8, 4) is 0 Å². The minimum absolute atomic E-state index is 0.521. The number of ether oxygens (including phenoxy) is 1. The van der Waals surface area contributed by atoms with E-state index >= 15 is 0 Å². The number of piperidine rings is 1. The zero-order valence-electron chi connectivity index (χ0n) is 12.2. The van der Waals surface area contributed by atoms with Crippen LogP contribution < -0.4 is 5.32 Å². The molecular weight excluding hydrogens is 212 g/mol. The van der Waals surface area contributed by atoms with Crippen LogP contribution in [0.4, 0.5) is 0 Å². The van der Waals surface area contributed by atoms with E-state index in [1.54, 1.807) is 7.11 Å². The third-order valence-electron chi connectivity index (χ3n) is 3.53. The first kappa shape index (κ1) is 14.9. The molecule has 0 saturated carbocycles. The second kappa shape index (κ2) is 7.34. The Hall–Kier alpha value is -0.120. The summed E-state index contributed by atoms with van der Waals surface area (Å²) in [7, 11) is 1.80. The highest BCUT2D eigenvalue weighted by atomic mass is 16.5. The van der Waals surface area contributed by atoms with Crippen molar-refractivity contribution in [1.29, 1.82) is 0 Å². The second-order valence-corrected chi connectivity index (χ2v) is 6.07. The summed E-state index contributed by atoms with van der Waals surface area (Å²) in [5, 5.41) is 3.54. The van der Waals surface area contributed by atoms with Gasteiger partial charge >= 0.3 is 0 Å². The predicted molar refractivity (Wildman–Crippen MR) is 73.3 cm³/mol. The summed E-state index contributed by atoms with van der Waals surface area (Å²) >= 11 is 0. The van der Waals surface area contributed by atoms with E-state index < -0.39 is 0 Å². The summed E-state index contributed by atoms with van der Waals surface area (Å²) < 4.78 is 5.38. The number of nitrogens with one attached hydrogen (secondary N) is 1. The van der Waals surface area contributed by atoms with E-state index in [0.717, 1.165) is 25.0 Å². The Morgan fingerprint density at radius 2 is 1.82 bits per heavy atom. The first-order chi connectivity index (χ1) is 8.02. The van der Waals surface area contributed by atoms with E-state index in [4.69, 9.17) is 4.74 Å². The van der Waals surface area contributed by atoms with Gasteiger partial charge in [-0.2, -0.15) is 0 Å². The van der Waals surface area contributed by atoms with Crippen LogP contribution in [0.2, 0.25) is 0 Å². The molecule has 0 bridgehead atoms. The van der Waals surface area contributed by atoms with Gasteiger partial charge in [0.05, 0.1) is 6.61 Å². The topological polar surface area (TPSA) is 24.5 Å². The van der Waals surface area contributed by atoms with Crippen LogP contribution in [0.25, 0.3) is 0 Å². The molecule has 1 fully saturated rings. The second-order valence-electron chi connectivity index (χ2n) is 6.07. The molecule has 3 unspecified atom stereocenters. The molecule has 0 radical (unpaired) electrons. The molecule has 1 rings (SSSR count). The summed E-state index contributed by atoms with van der Waals surface area (Å²) in [6.07, 6.45) is 1.37. The van der Waals surface area contributed by atoms with Crippen molar-refractivity contribution in [2.45, 2.75) is 46.2 Å². The summed E-state index contributed by atoms with van der Waals surface area (Å²) in [5.74, 6) is 1.63. The SMILES string of the molecule is COCC(CNC(C)C)N1CC(C)CC(C)C1. The van der Waals surface area contributed by atoms with Crippen molar-refractivity contribution in [1.82, 2.24) is 10.2 Å². The van der Waals surface area contributed by atoms with Crippen molar-refractivity contribution in [3.05, 3.63) is 0 Å². The molecule has 1 saturated heterocycles. The van der Waals surface area contributed by atoms with Crippen LogP contribution in [-0.4, -0.2) is 50.3 Å². The third kappa shape index (κ3) is 5.36. The molecule has 102 valence electrons. The van der Waals surface area contributed by atoms with Crippen LogP contribution in [0.5, 0.6) is 0 Å². The van der Waals surface area contributed by atoms with Gasteiger partial charge in [-0.25, -0.2) is 0 Å². The zero-order chi connectivity index (χ0) is 12.8. The smallest absolute Gasteiger partial charge is 0.0630 e. The van der Waals surface area contributed by atoms with Gasteiger partial charge in [-0.3, -0.25) is 4.90 Å². The normalized spacial score (nSPS) is 28.6. The van der Waals surface area contributed by atoms with Gasteiger partial charge in [0.2, 0.25) is 0 Å². The maximum absolute atomic E-state index is 5.38. The van der Waals surface area contributed by atoms with Crippen molar-refractivity contribution >= 4 is 0 Å². The van der Waals surface area contributed by atoms with Gasteiger partial charge in [0.25, 0.3) is 0 Å². The molecule has 3 heteroatoms. The minimum Gasteiger partial charge on any atom is -0.383 e. The number of hydrogen-bond donors (Lipinski definition) is 1. The van der Waals surface area contributed by atoms with Gasteiger partial charge in [0.1, 0.15) is 0 Å². The molecule has 3 nitrogen and oxygen atoms in total.